The van der Waals surface area contributed by atoms with Crippen molar-refractivity contribution in [2.45, 2.75) is 63.6 Å². The summed E-state index contributed by atoms with van der Waals surface area (Å²) in [5, 5.41) is 5.10. The fourth-order valence-electron chi connectivity index (χ4n) is 3.53. The fraction of sp³-hybridized carbons (Fsp3) is 0.800. The van der Waals surface area contributed by atoms with Gasteiger partial charge in [-0.1, -0.05) is 37.8 Å². The van der Waals surface area contributed by atoms with Crippen LogP contribution in [0.15, 0.2) is 6.20 Å². The highest BCUT2D eigenvalue weighted by atomic mass is 35.5. The van der Waals surface area contributed by atoms with E-state index in [-0.39, 0.29) is 11.6 Å². The zero-order valence-electron chi connectivity index (χ0n) is 12.9. The van der Waals surface area contributed by atoms with Gasteiger partial charge in [0.2, 0.25) is 0 Å². The predicted molar refractivity (Wildman–Crippen MR) is 84.0 cm³/mol. The average molecular weight is 299 g/mol. The Kier molecular flexibility index (Phi) is 5.10. The summed E-state index contributed by atoms with van der Waals surface area (Å²) in [7, 11) is 4.28. The van der Waals surface area contributed by atoms with Gasteiger partial charge in [0.25, 0.3) is 0 Å². The molecule has 0 bridgehead atoms. The van der Waals surface area contributed by atoms with Crippen molar-refractivity contribution in [1.82, 2.24) is 14.7 Å². The minimum absolute atomic E-state index is 0.00736. The number of likely N-dealkylation sites (N-methyl/N-ethyl adjacent to an activating group) is 1. The van der Waals surface area contributed by atoms with Gasteiger partial charge in [0.1, 0.15) is 0 Å². The van der Waals surface area contributed by atoms with Crippen LogP contribution in [-0.2, 0) is 6.54 Å². The molecule has 0 aliphatic heterocycles. The summed E-state index contributed by atoms with van der Waals surface area (Å²) in [6, 6.07) is -0.0839. The first-order valence-corrected chi connectivity index (χ1v) is 8.05. The molecule has 1 atom stereocenters. The van der Waals surface area contributed by atoms with Crippen molar-refractivity contribution in [3.63, 3.8) is 0 Å². The first kappa shape index (κ1) is 15.8. The highest BCUT2D eigenvalue weighted by molar-refractivity contribution is 6.31. The molecule has 1 aliphatic carbocycles. The molecule has 0 saturated heterocycles. The number of aryl methyl sites for hydroxylation is 1. The Labute approximate surface area is 127 Å². The normalized spacial score (nSPS) is 20.3. The quantitative estimate of drug-likeness (QED) is 0.908. The van der Waals surface area contributed by atoms with Gasteiger partial charge in [-0.3, -0.25) is 4.68 Å². The molecule has 1 aromatic rings. The lowest BCUT2D eigenvalue weighted by Crippen LogP contribution is -2.54. The number of rotatable bonds is 5. The summed E-state index contributed by atoms with van der Waals surface area (Å²) < 4.78 is 1.99. The molecule has 20 heavy (non-hydrogen) atoms. The highest BCUT2D eigenvalue weighted by Gasteiger charge is 2.42. The van der Waals surface area contributed by atoms with Crippen LogP contribution in [0.2, 0.25) is 5.02 Å². The van der Waals surface area contributed by atoms with E-state index in [0.29, 0.717) is 5.02 Å². The molecule has 2 N–H and O–H groups in total. The van der Waals surface area contributed by atoms with Crippen LogP contribution in [0.3, 0.4) is 0 Å². The third-order valence-electron chi connectivity index (χ3n) is 4.75. The van der Waals surface area contributed by atoms with E-state index in [2.05, 4.69) is 31.0 Å². The van der Waals surface area contributed by atoms with Crippen molar-refractivity contribution >= 4 is 11.6 Å². The first-order chi connectivity index (χ1) is 9.53. The minimum atomic E-state index is -0.0839. The second kappa shape index (κ2) is 6.46. The lowest BCUT2D eigenvalue weighted by Gasteiger charge is -2.47. The Morgan fingerprint density at radius 2 is 2.05 bits per heavy atom. The van der Waals surface area contributed by atoms with Gasteiger partial charge in [0.15, 0.2) is 0 Å². The van der Waals surface area contributed by atoms with Crippen molar-refractivity contribution < 1.29 is 0 Å². The molecule has 0 amide bonds. The van der Waals surface area contributed by atoms with E-state index < -0.39 is 0 Å². The summed E-state index contributed by atoms with van der Waals surface area (Å²) in [6.07, 6.45) is 8.83. The standard InChI is InChI=1S/C15H27ClN4/c1-4-10-20-13(12(16)11-18-20)14(17)15(19(2)3)8-6-5-7-9-15/h11,14H,4-10,17H2,1-3H3. The molecule has 0 aromatic carbocycles. The van der Waals surface area contributed by atoms with Crippen LogP contribution in [0.4, 0.5) is 0 Å². The van der Waals surface area contributed by atoms with Crippen LogP contribution in [0.25, 0.3) is 0 Å². The van der Waals surface area contributed by atoms with Gasteiger partial charge < -0.3 is 10.6 Å². The van der Waals surface area contributed by atoms with Crippen LogP contribution in [0.1, 0.15) is 57.2 Å². The van der Waals surface area contributed by atoms with E-state index in [1.807, 2.05) is 4.68 Å². The van der Waals surface area contributed by atoms with E-state index in [1.54, 1.807) is 6.20 Å². The van der Waals surface area contributed by atoms with Crippen molar-refractivity contribution in [3.8, 4) is 0 Å². The van der Waals surface area contributed by atoms with Crippen LogP contribution >= 0.6 is 11.6 Å². The molecule has 1 aliphatic rings. The van der Waals surface area contributed by atoms with E-state index in [1.165, 1.54) is 19.3 Å². The summed E-state index contributed by atoms with van der Waals surface area (Å²) in [5.74, 6) is 0. The van der Waals surface area contributed by atoms with Crippen molar-refractivity contribution in [1.29, 1.82) is 0 Å². The number of halogens is 1. The van der Waals surface area contributed by atoms with E-state index in [4.69, 9.17) is 17.3 Å². The Morgan fingerprint density at radius 3 is 2.60 bits per heavy atom. The number of aromatic nitrogens is 2. The minimum Gasteiger partial charge on any atom is -0.321 e. The molecule has 4 nitrogen and oxygen atoms in total. The lowest BCUT2D eigenvalue weighted by molar-refractivity contribution is 0.0682. The van der Waals surface area contributed by atoms with Crippen LogP contribution in [0, 0.1) is 0 Å². The zero-order chi connectivity index (χ0) is 14.8. The molecule has 1 unspecified atom stereocenters. The molecule has 1 saturated carbocycles. The monoisotopic (exact) mass is 298 g/mol. The molecule has 1 aromatic heterocycles. The highest BCUT2D eigenvalue weighted by Crippen LogP contribution is 2.42. The van der Waals surface area contributed by atoms with Gasteiger partial charge in [0.05, 0.1) is 23.0 Å². The number of hydrogen-bond acceptors (Lipinski definition) is 3. The van der Waals surface area contributed by atoms with Gasteiger partial charge in [-0.25, -0.2) is 0 Å². The van der Waals surface area contributed by atoms with E-state index in [0.717, 1.165) is 31.5 Å². The maximum absolute atomic E-state index is 6.70. The lowest BCUT2D eigenvalue weighted by atomic mass is 9.74. The topological polar surface area (TPSA) is 47.1 Å². The van der Waals surface area contributed by atoms with Crippen molar-refractivity contribution in [2.24, 2.45) is 5.73 Å². The molecular weight excluding hydrogens is 272 g/mol. The molecule has 2 rings (SSSR count). The molecular formula is C15H27ClN4. The summed E-state index contributed by atoms with van der Waals surface area (Å²) in [4.78, 5) is 2.30. The predicted octanol–water partition coefficient (Wildman–Crippen LogP) is 3.21. The second-order valence-electron chi connectivity index (χ2n) is 6.14. The van der Waals surface area contributed by atoms with Crippen LogP contribution < -0.4 is 5.73 Å². The van der Waals surface area contributed by atoms with Crippen LogP contribution in [-0.4, -0.2) is 34.3 Å². The maximum Gasteiger partial charge on any atom is 0.0834 e. The van der Waals surface area contributed by atoms with Gasteiger partial charge in [0, 0.05) is 12.1 Å². The van der Waals surface area contributed by atoms with Crippen molar-refractivity contribution in [2.75, 3.05) is 14.1 Å². The number of nitrogens with zero attached hydrogens (tertiary/aromatic N) is 3. The number of nitrogens with two attached hydrogens (primary N) is 1. The Hall–Kier alpha value is -0.580. The largest absolute Gasteiger partial charge is 0.321 e. The molecule has 114 valence electrons. The third kappa shape index (κ3) is 2.74. The maximum atomic E-state index is 6.70. The van der Waals surface area contributed by atoms with Crippen LogP contribution in [0.5, 0.6) is 0 Å². The summed E-state index contributed by atoms with van der Waals surface area (Å²) in [6.45, 7) is 3.02. The van der Waals surface area contributed by atoms with Crippen molar-refractivity contribution in [3.05, 3.63) is 16.9 Å². The molecule has 0 spiro atoms. The fourth-order valence-corrected chi connectivity index (χ4v) is 3.78. The van der Waals surface area contributed by atoms with Gasteiger partial charge in [-0.05, 0) is 33.4 Å². The molecule has 1 fully saturated rings. The number of hydrogen-bond donors (Lipinski definition) is 1. The molecule has 1 heterocycles. The third-order valence-corrected chi connectivity index (χ3v) is 5.04. The smallest absolute Gasteiger partial charge is 0.0834 e. The average Bonchev–Trinajstić information content (AvgIpc) is 2.80. The zero-order valence-corrected chi connectivity index (χ0v) is 13.7. The summed E-state index contributed by atoms with van der Waals surface area (Å²) >= 11 is 6.38. The second-order valence-corrected chi connectivity index (χ2v) is 6.54. The van der Waals surface area contributed by atoms with E-state index in [9.17, 15) is 0 Å². The van der Waals surface area contributed by atoms with Gasteiger partial charge in [-0.2, -0.15) is 5.10 Å². The first-order valence-electron chi connectivity index (χ1n) is 7.67. The Balaban J connectivity index is 2.37. The Bertz CT molecular complexity index is 435. The molecule has 0 radical (unpaired) electrons. The molecule has 5 heteroatoms. The summed E-state index contributed by atoms with van der Waals surface area (Å²) in [5.41, 5.74) is 7.71. The SMILES string of the molecule is CCCn1ncc(Cl)c1C(N)C1(N(C)C)CCCCC1. The van der Waals surface area contributed by atoms with E-state index >= 15 is 0 Å². The Morgan fingerprint density at radius 1 is 1.40 bits per heavy atom. The van der Waals surface area contributed by atoms with Gasteiger partial charge >= 0.3 is 0 Å². The van der Waals surface area contributed by atoms with Gasteiger partial charge in [-0.15, -0.1) is 0 Å².